The normalized spacial score (nSPS) is 11.2. The first kappa shape index (κ1) is 15.2. The summed E-state index contributed by atoms with van der Waals surface area (Å²) < 4.78 is 5.12. The zero-order valence-electron chi connectivity index (χ0n) is 12.9. The zero-order valence-corrected chi connectivity index (χ0v) is 12.9. The fraction of sp³-hybridized carbons (Fsp3) is 0.353. The lowest BCUT2D eigenvalue weighted by atomic mass is 9.90. The zero-order chi connectivity index (χ0) is 15.5. The van der Waals surface area contributed by atoms with Crippen molar-refractivity contribution in [1.29, 1.82) is 0 Å². The van der Waals surface area contributed by atoms with Gasteiger partial charge in [0.15, 0.2) is 0 Å². The van der Waals surface area contributed by atoms with Crippen molar-refractivity contribution in [3.8, 4) is 11.3 Å². The molecule has 0 bridgehead atoms. The van der Waals surface area contributed by atoms with Gasteiger partial charge in [-0.15, -0.1) is 0 Å². The maximum Gasteiger partial charge on any atom is 0.340 e. The van der Waals surface area contributed by atoms with Crippen molar-refractivity contribution < 1.29 is 9.53 Å². The van der Waals surface area contributed by atoms with Gasteiger partial charge in [-0.05, 0) is 31.2 Å². The summed E-state index contributed by atoms with van der Waals surface area (Å²) >= 11 is 0. The van der Waals surface area contributed by atoms with E-state index in [1.165, 1.54) is 0 Å². The molecule has 0 aliphatic carbocycles. The van der Waals surface area contributed by atoms with Crippen molar-refractivity contribution in [2.45, 2.75) is 33.1 Å². The molecule has 0 N–H and O–H groups in total. The maximum absolute atomic E-state index is 12.1. The number of hydrogen-bond acceptors (Lipinski definition) is 4. The predicted octanol–water partition coefficient (Wildman–Crippen LogP) is 3.62. The molecule has 0 aliphatic heterocycles. The van der Waals surface area contributed by atoms with Crippen LogP contribution in [0.25, 0.3) is 11.3 Å². The summed E-state index contributed by atoms with van der Waals surface area (Å²) in [6.07, 6.45) is 3.40. The van der Waals surface area contributed by atoms with Crippen LogP contribution in [0.4, 0.5) is 0 Å². The van der Waals surface area contributed by atoms with Gasteiger partial charge in [0.2, 0.25) is 0 Å². The molecule has 0 radical (unpaired) electrons. The van der Waals surface area contributed by atoms with Gasteiger partial charge in [-0.2, -0.15) is 0 Å². The quantitative estimate of drug-likeness (QED) is 0.808. The van der Waals surface area contributed by atoms with E-state index in [1.54, 1.807) is 25.4 Å². The smallest absolute Gasteiger partial charge is 0.340 e. The van der Waals surface area contributed by atoms with E-state index in [4.69, 9.17) is 4.74 Å². The highest BCUT2D eigenvalue weighted by Gasteiger charge is 2.21. The van der Waals surface area contributed by atoms with Crippen molar-refractivity contribution in [2.24, 2.45) is 0 Å². The summed E-state index contributed by atoms with van der Waals surface area (Å²) in [6.45, 7) is 8.40. The van der Waals surface area contributed by atoms with E-state index >= 15 is 0 Å². The van der Waals surface area contributed by atoms with Gasteiger partial charge in [-0.25, -0.2) is 4.79 Å². The van der Waals surface area contributed by atoms with Crippen LogP contribution in [0.15, 0.2) is 36.7 Å². The summed E-state index contributed by atoms with van der Waals surface area (Å²) in [5.41, 5.74) is 2.73. The number of ether oxygens (including phenoxy) is 1. The molecular weight excluding hydrogens is 264 g/mol. The molecule has 0 saturated carbocycles. The summed E-state index contributed by atoms with van der Waals surface area (Å²) in [5.74, 6) is -0.357. The predicted molar refractivity (Wildman–Crippen MR) is 82.1 cm³/mol. The number of rotatable bonds is 3. The van der Waals surface area contributed by atoms with Crippen molar-refractivity contribution >= 4 is 5.97 Å². The van der Waals surface area contributed by atoms with Crippen LogP contribution in [0.2, 0.25) is 0 Å². The third-order valence-electron chi connectivity index (χ3n) is 3.09. The van der Waals surface area contributed by atoms with Crippen molar-refractivity contribution in [1.82, 2.24) is 9.97 Å². The number of pyridine rings is 2. The molecule has 2 heterocycles. The van der Waals surface area contributed by atoms with E-state index in [1.807, 2.05) is 18.2 Å². The van der Waals surface area contributed by atoms with Gasteiger partial charge in [0, 0.05) is 29.1 Å². The number of aromatic nitrogens is 2. The van der Waals surface area contributed by atoms with Crippen LogP contribution >= 0.6 is 0 Å². The van der Waals surface area contributed by atoms with Gasteiger partial charge in [-0.1, -0.05) is 20.8 Å². The van der Waals surface area contributed by atoms with Gasteiger partial charge in [0.1, 0.15) is 0 Å². The van der Waals surface area contributed by atoms with E-state index in [-0.39, 0.29) is 11.4 Å². The molecule has 2 aromatic heterocycles. The number of carbonyl (C=O) groups is 1. The molecule has 0 unspecified atom stereocenters. The van der Waals surface area contributed by atoms with E-state index in [0.29, 0.717) is 17.9 Å². The molecular formula is C17H20N2O2. The monoisotopic (exact) mass is 284 g/mol. The van der Waals surface area contributed by atoms with Gasteiger partial charge in [-0.3, -0.25) is 9.97 Å². The Bertz CT molecular complexity index is 631. The molecule has 0 aromatic carbocycles. The Kier molecular flexibility index (Phi) is 4.36. The molecule has 0 fully saturated rings. The number of carbonyl (C=O) groups excluding carboxylic acids is 1. The third-order valence-corrected chi connectivity index (χ3v) is 3.09. The highest BCUT2D eigenvalue weighted by Crippen LogP contribution is 2.27. The SMILES string of the molecule is CCOC(=O)c1ccc(C(C)(C)C)nc1-c1cccnc1. The van der Waals surface area contributed by atoms with Gasteiger partial charge in [0.25, 0.3) is 0 Å². The fourth-order valence-electron chi connectivity index (χ4n) is 1.97. The average molecular weight is 284 g/mol. The topological polar surface area (TPSA) is 52.1 Å². The first-order valence-corrected chi connectivity index (χ1v) is 7.02. The van der Waals surface area contributed by atoms with Crippen LogP contribution in [0, 0.1) is 0 Å². The number of nitrogens with zero attached hydrogens (tertiary/aromatic N) is 2. The molecule has 0 aliphatic rings. The van der Waals surface area contributed by atoms with Crippen molar-refractivity contribution in [3.63, 3.8) is 0 Å². The van der Waals surface area contributed by atoms with Gasteiger partial charge < -0.3 is 4.74 Å². The van der Waals surface area contributed by atoms with Gasteiger partial charge in [0.05, 0.1) is 17.9 Å². The van der Waals surface area contributed by atoms with Crippen LogP contribution in [0.5, 0.6) is 0 Å². The molecule has 110 valence electrons. The Morgan fingerprint density at radius 2 is 2.00 bits per heavy atom. The highest BCUT2D eigenvalue weighted by atomic mass is 16.5. The minimum Gasteiger partial charge on any atom is -0.462 e. The molecule has 2 aromatic rings. The van der Waals surface area contributed by atoms with Crippen LogP contribution in [-0.2, 0) is 10.2 Å². The van der Waals surface area contributed by atoms with Crippen LogP contribution in [0.1, 0.15) is 43.7 Å². The summed E-state index contributed by atoms with van der Waals surface area (Å²) in [6, 6.07) is 7.39. The molecule has 0 atom stereocenters. The van der Waals surface area contributed by atoms with Crippen LogP contribution < -0.4 is 0 Å². The lowest BCUT2D eigenvalue weighted by Crippen LogP contribution is -2.16. The van der Waals surface area contributed by atoms with Gasteiger partial charge >= 0.3 is 5.97 Å². The van der Waals surface area contributed by atoms with Crippen molar-refractivity contribution in [3.05, 3.63) is 47.9 Å². The molecule has 4 nitrogen and oxygen atoms in total. The van der Waals surface area contributed by atoms with Crippen LogP contribution in [-0.4, -0.2) is 22.5 Å². The first-order chi connectivity index (χ1) is 9.93. The second-order valence-electron chi connectivity index (χ2n) is 5.80. The maximum atomic E-state index is 12.1. The molecule has 4 heteroatoms. The first-order valence-electron chi connectivity index (χ1n) is 7.02. The summed E-state index contributed by atoms with van der Waals surface area (Å²) in [4.78, 5) is 20.9. The number of hydrogen-bond donors (Lipinski definition) is 0. The average Bonchev–Trinajstić information content (AvgIpc) is 2.47. The second-order valence-corrected chi connectivity index (χ2v) is 5.80. The van der Waals surface area contributed by atoms with Crippen LogP contribution in [0.3, 0.4) is 0 Å². The third kappa shape index (κ3) is 3.45. The Morgan fingerprint density at radius 3 is 2.57 bits per heavy atom. The van der Waals surface area contributed by atoms with Crippen molar-refractivity contribution in [2.75, 3.05) is 6.61 Å². The van der Waals surface area contributed by atoms with E-state index < -0.39 is 0 Å². The fourth-order valence-corrected chi connectivity index (χ4v) is 1.97. The highest BCUT2D eigenvalue weighted by molar-refractivity contribution is 5.96. The molecule has 0 amide bonds. The van der Waals surface area contributed by atoms with E-state index in [9.17, 15) is 4.79 Å². The Labute approximate surface area is 125 Å². The molecule has 21 heavy (non-hydrogen) atoms. The minimum absolute atomic E-state index is 0.0931. The standard InChI is InChI=1S/C17H20N2O2/c1-5-21-16(20)13-8-9-14(17(2,3)4)19-15(13)12-7-6-10-18-11-12/h6-11H,5H2,1-4H3. The Hall–Kier alpha value is -2.23. The van der Waals surface area contributed by atoms with E-state index in [2.05, 4.69) is 30.7 Å². The minimum atomic E-state index is -0.357. The Balaban J connectivity index is 2.59. The molecule has 0 spiro atoms. The summed E-state index contributed by atoms with van der Waals surface area (Å²) in [5, 5.41) is 0. The molecule has 2 rings (SSSR count). The summed E-state index contributed by atoms with van der Waals surface area (Å²) in [7, 11) is 0. The molecule has 0 saturated heterocycles. The Morgan fingerprint density at radius 1 is 1.24 bits per heavy atom. The van der Waals surface area contributed by atoms with E-state index in [0.717, 1.165) is 11.3 Å². The lowest BCUT2D eigenvalue weighted by Gasteiger charge is -2.19. The second kappa shape index (κ2) is 6.04. The lowest BCUT2D eigenvalue weighted by molar-refractivity contribution is 0.0527. The largest absolute Gasteiger partial charge is 0.462 e. The number of esters is 1.